The van der Waals surface area contributed by atoms with E-state index in [0.29, 0.717) is 19.1 Å². The quantitative estimate of drug-likeness (QED) is 0.363. The van der Waals surface area contributed by atoms with Crippen molar-refractivity contribution in [3.8, 4) is 11.5 Å². The van der Waals surface area contributed by atoms with Crippen LogP contribution in [0.3, 0.4) is 0 Å². The maximum absolute atomic E-state index is 12.5. The van der Waals surface area contributed by atoms with E-state index in [4.69, 9.17) is 14.5 Å². The van der Waals surface area contributed by atoms with Crippen molar-refractivity contribution < 1.29 is 14.3 Å². The molecule has 0 unspecified atom stereocenters. The lowest BCUT2D eigenvalue weighted by atomic mass is 9.96. The molecule has 5 rings (SSSR count). The first kappa shape index (κ1) is 23.9. The Morgan fingerprint density at radius 3 is 2.42 bits per heavy atom. The van der Waals surface area contributed by atoms with Crippen LogP contribution in [0.4, 0.5) is 5.69 Å². The van der Waals surface area contributed by atoms with Crippen molar-refractivity contribution in [2.45, 2.75) is 26.0 Å². The normalized spacial score (nSPS) is 14.6. The van der Waals surface area contributed by atoms with E-state index in [1.807, 2.05) is 60.7 Å². The Morgan fingerprint density at radius 1 is 0.944 bits per heavy atom. The van der Waals surface area contributed by atoms with Crippen LogP contribution in [0, 0.1) is 5.92 Å². The summed E-state index contributed by atoms with van der Waals surface area (Å²) in [6.45, 7) is 3.55. The summed E-state index contributed by atoms with van der Waals surface area (Å²) in [5, 5.41) is 2.98. The zero-order valence-electron chi connectivity index (χ0n) is 20.6. The number of imidazole rings is 1. The molecule has 0 spiro atoms. The maximum atomic E-state index is 12.5. The number of rotatable bonds is 9. The summed E-state index contributed by atoms with van der Waals surface area (Å²) >= 11 is 0. The second kappa shape index (κ2) is 11.3. The van der Waals surface area contributed by atoms with Gasteiger partial charge in [-0.05, 0) is 80.4 Å². The third kappa shape index (κ3) is 5.86. The fourth-order valence-corrected chi connectivity index (χ4v) is 4.77. The minimum absolute atomic E-state index is 0.0135. The van der Waals surface area contributed by atoms with Gasteiger partial charge in [0.1, 0.15) is 23.9 Å². The molecule has 1 saturated heterocycles. The zero-order valence-corrected chi connectivity index (χ0v) is 20.6. The average Bonchev–Trinajstić information content (AvgIpc) is 3.26. The standard InChI is InChI=1S/C29H32N4O3/c1-35-24-13-11-23(12-14-24)30-29(34)20-32-17-15-22(16-18-32)19-33-27-10-6-5-9-26(27)31-28(33)21-36-25-7-3-2-4-8-25/h2-14,22H,15-21H2,1H3,(H,30,34). The number of nitrogens with one attached hydrogen (secondary N) is 1. The van der Waals surface area contributed by atoms with Gasteiger partial charge in [0.15, 0.2) is 0 Å². The second-order valence-electron chi connectivity index (χ2n) is 9.23. The minimum Gasteiger partial charge on any atom is -0.497 e. The molecule has 1 amide bonds. The van der Waals surface area contributed by atoms with E-state index in [-0.39, 0.29) is 5.91 Å². The molecule has 4 aromatic rings. The van der Waals surface area contributed by atoms with Gasteiger partial charge in [0.2, 0.25) is 5.91 Å². The highest BCUT2D eigenvalue weighted by molar-refractivity contribution is 5.92. The van der Waals surface area contributed by atoms with Gasteiger partial charge in [-0.3, -0.25) is 9.69 Å². The number of hydrogen-bond acceptors (Lipinski definition) is 5. The van der Waals surface area contributed by atoms with Crippen LogP contribution in [-0.2, 0) is 17.9 Å². The molecule has 1 fully saturated rings. The van der Waals surface area contributed by atoms with Crippen LogP contribution in [-0.4, -0.2) is 47.1 Å². The first-order chi connectivity index (χ1) is 17.7. The van der Waals surface area contributed by atoms with Crippen molar-refractivity contribution in [2.24, 2.45) is 5.92 Å². The van der Waals surface area contributed by atoms with Crippen LogP contribution >= 0.6 is 0 Å². The summed E-state index contributed by atoms with van der Waals surface area (Å²) in [6.07, 6.45) is 2.09. The number of carbonyl (C=O) groups is 1. The highest BCUT2D eigenvalue weighted by Gasteiger charge is 2.23. The molecule has 1 aliphatic heterocycles. The number of nitrogens with zero attached hydrogens (tertiary/aromatic N) is 3. The van der Waals surface area contributed by atoms with Crippen LogP contribution in [0.2, 0.25) is 0 Å². The molecule has 7 nitrogen and oxygen atoms in total. The van der Waals surface area contributed by atoms with Gasteiger partial charge < -0.3 is 19.4 Å². The number of piperidine rings is 1. The van der Waals surface area contributed by atoms with Crippen molar-refractivity contribution in [1.29, 1.82) is 0 Å². The van der Waals surface area contributed by atoms with Crippen LogP contribution < -0.4 is 14.8 Å². The largest absolute Gasteiger partial charge is 0.497 e. The molecule has 0 atom stereocenters. The number of carbonyl (C=O) groups excluding carboxylic acids is 1. The number of ether oxygens (including phenoxy) is 2. The molecule has 0 radical (unpaired) electrons. The topological polar surface area (TPSA) is 68.6 Å². The highest BCUT2D eigenvalue weighted by atomic mass is 16.5. The molecule has 0 saturated carbocycles. The minimum atomic E-state index is 0.0135. The molecule has 0 aliphatic carbocycles. The van der Waals surface area contributed by atoms with Crippen LogP contribution in [0.1, 0.15) is 18.7 Å². The molecular formula is C29H32N4O3. The van der Waals surface area contributed by atoms with E-state index in [9.17, 15) is 4.79 Å². The monoisotopic (exact) mass is 484 g/mol. The lowest BCUT2D eigenvalue weighted by molar-refractivity contribution is -0.117. The SMILES string of the molecule is COc1ccc(NC(=O)CN2CCC(Cn3c(COc4ccccc4)nc4ccccc43)CC2)cc1. The van der Waals surface area contributed by atoms with E-state index >= 15 is 0 Å². The van der Waals surface area contributed by atoms with E-state index in [2.05, 4.69) is 33.0 Å². The number of likely N-dealkylation sites (tertiary alicyclic amines) is 1. The maximum Gasteiger partial charge on any atom is 0.238 e. The Labute approximate surface area is 211 Å². The Morgan fingerprint density at radius 2 is 1.67 bits per heavy atom. The van der Waals surface area contributed by atoms with Gasteiger partial charge in [-0.15, -0.1) is 0 Å². The van der Waals surface area contributed by atoms with Gasteiger partial charge in [-0.1, -0.05) is 30.3 Å². The number of benzene rings is 3. The lowest BCUT2D eigenvalue weighted by Gasteiger charge is -2.32. The number of methoxy groups -OCH3 is 1. The van der Waals surface area contributed by atoms with E-state index in [0.717, 1.165) is 66.5 Å². The smallest absolute Gasteiger partial charge is 0.238 e. The Hall–Kier alpha value is -3.84. The summed E-state index contributed by atoms with van der Waals surface area (Å²) in [5.74, 6) is 3.10. The van der Waals surface area contributed by atoms with E-state index < -0.39 is 0 Å². The summed E-state index contributed by atoms with van der Waals surface area (Å²) in [4.78, 5) is 19.6. The number of para-hydroxylation sites is 3. The van der Waals surface area contributed by atoms with Gasteiger partial charge in [0.05, 0.1) is 24.7 Å². The first-order valence-corrected chi connectivity index (χ1v) is 12.5. The molecule has 3 aromatic carbocycles. The van der Waals surface area contributed by atoms with Crippen LogP contribution in [0.15, 0.2) is 78.9 Å². The second-order valence-corrected chi connectivity index (χ2v) is 9.23. The molecule has 1 aliphatic rings. The van der Waals surface area contributed by atoms with E-state index in [1.54, 1.807) is 7.11 Å². The predicted molar refractivity (Wildman–Crippen MR) is 141 cm³/mol. The summed E-state index contributed by atoms with van der Waals surface area (Å²) < 4.78 is 13.5. The molecular weight excluding hydrogens is 452 g/mol. The van der Waals surface area contributed by atoms with Gasteiger partial charge in [-0.25, -0.2) is 4.98 Å². The van der Waals surface area contributed by atoms with Crippen molar-refractivity contribution in [3.63, 3.8) is 0 Å². The van der Waals surface area contributed by atoms with E-state index in [1.165, 1.54) is 0 Å². The fourth-order valence-electron chi connectivity index (χ4n) is 4.77. The van der Waals surface area contributed by atoms with Crippen LogP contribution in [0.25, 0.3) is 11.0 Å². The van der Waals surface area contributed by atoms with Crippen molar-refractivity contribution in [1.82, 2.24) is 14.5 Å². The number of fused-ring (bicyclic) bond motifs is 1. The predicted octanol–water partition coefficient (Wildman–Crippen LogP) is 4.97. The average molecular weight is 485 g/mol. The molecule has 1 N–H and O–H groups in total. The van der Waals surface area contributed by atoms with Gasteiger partial charge in [0.25, 0.3) is 0 Å². The third-order valence-electron chi connectivity index (χ3n) is 6.73. The number of hydrogen-bond donors (Lipinski definition) is 1. The number of anilines is 1. The van der Waals surface area contributed by atoms with Crippen molar-refractivity contribution >= 4 is 22.6 Å². The first-order valence-electron chi connectivity index (χ1n) is 12.5. The molecule has 36 heavy (non-hydrogen) atoms. The third-order valence-corrected chi connectivity index (χ3v) is 6.73. The molecule has 1 aromatic heterocycles. The molecule has 186 valence electrons. The fraction of sp³-hybridized carbons (Fsp3) is 0.310. The van der Waals surface area contributed by atoms with Gasteiger partial charge >= 0.3 is 0 Å². The lowest BCUT2D eigenvalue weighted by Crippen LogP contribution is -2.40. The molecule has 7 heteroatoms. The Kier molecular flexibility index (Phi) is 7.47. The number of amides is 1. The number of aromatic nitrogens is 2. The summed E-state index contributed by atoms with van der Waals surface area (Å²) in [7, 11) is 1.63. The summed E-state index contributed by atoms with van der Waals surface area (Å²) in [6, 6.07) is 25.6. The van der Waals surface area contributed by atoms with Gasteiger partial charge in [-0.2, -0.15) is 0 Å². The summed E-state index contributed by atoms with van der Waals surface area (Å²) in [5.41, 5.74) is 2.93. The Balaban J connectivity index is 1.17. The molecule has 0 bridgehead atoms. The van der Waals surface area contributed by atoms with Crippen molar-refractivity contribution in [2.75, 3.05) is 32.1 Å². The van der Waals surface area contributed by atoms with Gasteiger partial charge in [0, 0.05) is 12.2 Å². The Bertz CT molecular complexity index is 1280. The van der Waals surface area contributed by atoms with Crippen molar-refractivity contribution in [3.05, 3.63) is 84.7 Å². The molecule has 2 heterocycles. The zero-order chi connectivity index (χ0) is 24.7. The van der Waals surface area contributed by atoms with Crippen LogP contribution in [0.5, 0.6) is 11.5 Å². The highest BCUT2D eigenvalue weighted by Crippen LogP contribution is 2.25.